The summed E-state index contributed by atoms with van der Waals surface area (Å²) in [7, 11) is 1.78. The van der Waals surface area contributed by atoms with Gasteiger partial charge in [-0.05, 0) is 34.2 Å². The van der Waals surface area contributed by atoms with Crippen molar-refractivity contribution in [3.8, 4) is 0 Å². The van der Waals surface area contributed by atoms with Crippen LogP contribution in [-0.2, 0) is 9.53 Å². The Morgan fingerprint density at radius 1 is 1.57 bits per heavy atom. The summed E-state index contributed by atoms with van der Waals surface area (Å²) in [6, 6.07) is -0.0165. The van der Waals surface area contributed by atoms with E-state index in [4.69, 9.17) is 4.74 Å². The monoisotopic (exact) mass is 200 g/mol. The highest BCUT2D eigenvalue weighted by molar-refractivity contribution is 5.81. The molecule has 2 atom stereocenters. The van der Waals surface area contributed by atoms with E-state index in [1.165, 1.54) is 0 Å². The molecule has 0 saturated carbocycles. The van der Waals surface area contributed by atoms with E-state index in [0.29, 0.717) is 0 Å². The topological polar surface area (TPSA) is 50.4 Å². The molecule has 0 aromatic heterocycles. The van der Waals surface area contributed by atoms with E-state index >= 15 is 0 Å². The predicted octanol–water partition coefficient (Wildman–Crippen LogP) is 0.278. The molecule has 0 aliphatic carbocycles. The van der Waals surface area contributed by atoms with E-state index in [2.05, 4.69) is 10.6 Å². The van der Waals surface area contributed by atoms with Crippen LogP contribution in [0.3, 0.4) is 0 Å². The molecule has 0 aromatic rings. The Morgan fingerprint density at radius 2 is 2.21 bits per heavy atom. The summed E-state index contributed by atoms with van der Waals surface area (Å²) in [4.78, 5) is 11.6. The summed E-state index contributed by atoms with van der Waals surface area (Å²) < 4.78 is 5.53. The lowest BCUT2D eigenvalue weighted by Gasteiger charge is -2.27. The minimum atomic E-state index is -0.233. The number of carbonyl (C=O) groups is 1. The van der Waals surface area contributed by atoms with Crippen LogP contribution in [0.5, 0.6) is 0 Å². The normalized spacial score (nSPS) is 27.3. The average Bonchev–Trinajstić information content (AvgIpc) is 2.44. The summed E-state index contributed by atoms with van der Waals surface area (Å²) in [5, 5.41) is 5.91. The second-order valence-electron chi connectivity index (χ2n) is 4.31. The molecule has 0 aromatic carbocycles. The van der Waals surface area contributed by atoms with Crippen LogP contribution in [0, 0.1) is 0 Å². The molecule has 1 heterocycles. The van der Waals surface area contributed by atoms with Gasteiger partial charge in [-0.15, -0.1) is 0 Å². The third-order valence-corrected chi connectivity index (χ3v) is 2.86. The first kappa shape index (κ1) is 11.5. The van der Waals surface area contributed by atoms with Crippen molar-refractivity contribution in [2.24, 2.45) is 0 Å². The molecule has 14 heavy (non-hydrogen) atoms. The minimum absolute atomic E-state index is 0.0380. The first-order valence-corrected chi connectivity index (χ1v) is 5.09. The summed E-state index contributed by atoms with van der Waals surface area (Å²) in [6.07, 6.45) is 0.898. The first-order chi connectivity index (χ1) is 6.47. The Hall–Kier alpha value is -0.610. The number of nitrogens with one attached hydrogen (secondary N) is 2. The van der Waals surface area contributed by atoms with Gasteiger partial charge in [-0.1, -0.05) is 0 Å². The Balaban J connectivity index is 2.48. The number of rotatable bonds is 3. The second kappa shape index (κ2) is 4.28. The number of hydrogen-bond donors (Lipinski definition) is 2. The summed E-state index contributed by atoms with van der Waals surface area (Å²) in [6.45, 7) is 6.59. The Kier molecular flexibility index (Phi) is 3.50. The Morgan fingerprint density at radius 3 is 2.64 bits per heavy atom. The average molecular weight is 200 g/mol. The third-order valence-electron chi connectivity index (χ3n) is 2.86. The molecular weight excluding hydrogens is 180 g/mol. The van der Waals surface area contributed by atoms with Crippen LogP contribution in [-0.4, -0.2) is 37.2 Å². The lowest BCUT2D eigenvalue weighted by atomic mass is 9.99. The smallest absolute Gasteiger partial charge is 0.237 e. The van der Waals surface area contributed by atoms with Gasteiger partial charge in [0.2, 0.25) is 5.91 Å². The molecule has 1 fully saturated rings. The van der Waals surface area contributed by atoms with Crippen molar-refractivity contribution in [1.82, 2.24) is 10.6 Å². The lowest BCUT2D eigenvalue weighted by Crippen LogP contribution is -2.51. The first-order valence-electron chi connectivity index (χ1n) is 5.09. The molecule has 0 spiro atoms. The van der Waals surface area contributed by atoms with Crippen molar-refractivity contribution < 1.29 is 9.53 Å². The zero-order chi connectivity index (χ0) is 10.8. The second-order valence-corrected chi connectivity index (χ2v) is 4.31. The van der Waals surface area contributed by atoms with Crippen molar-refractivity contribution in [3.05, 3.63) is 0 Å². The van der Waals surface area contributed by atoms with Crippen LogP contribution in [0.1, 0.15) is 27.2 Å². The highest BCUT2D eigenvalue weighted by atomic mass is 16.5. The summed E-state index contributed by atoms with van der Waals surface area (Å²) >= 11 is 0. The maximum absolute atomic E-state index is 11.6. The van der Waals surface area contributed by atoms with Gasteiger partial charge in [-0.25, -0.2) is 0 Å². The molecule has 0 radical (unpaired) electrons. The van der Waals surface area contributed by atoms with Crippen molar-refractivity contribution in [2.75, 3.05) is 13.7 Å². The fourth-order valence-electron chi connectivity index (χ4n) is 1.56. The zero-order valence-electron chi connectivity index (χ0n) is 9.39. The molecule has 1 amide bonds. The van der Waals surface area contributed by atoms with E-state index in [0.717, 1.165) is 13.0 Å². The van der Waals surface area contributed by atoms with Crippen molar-refractivity contribution in [3.63, 3.8) is 0 Å². The Bertz CT molecular complexity index is 216. The molecule has 1 aliphatic rings. The molecule has 1 saturated heterocycles. The van der Waals surface area contributed by atoms with Crippen molar-refractivity contribution >= 4 is 5.91 Å². The fraction of sp³-hybridized carbons (Fsp3) is 0.900. The Labute approximate surface area is 85.4 Å². The van der Waals surface area contributed by atoms with Crippen LogP contribution in [0.15, 0.2) is 0 Å². The number of ether oxygens (including phenoxy) is 1. The van der Waals surface area contributed by atoms with Gasteiger partial charge >= 0.3 is 0 Å². The number of amides is 1. The predicted molar refractivity (Wildman–Crippen MR) is 55.1 cm³/mol. The van der Waals surface area contributed by atoms with Crippen LogP contribution in [0.2, 0.25) is 0 Å². The van der Waals surface area contributed by atoms with E-state index in [1.807, 2.05) is 20.8 Å². The van der Waals surface area contributed by atoms with Crippen LogP contribution < -0.4 is 10.6 Å². The minimum Gasteiger partial charge on any atom is -0.373 e. The fourth-order valence-corrected chi connectivity index (χ4v) is 1.56. The quantitative estimate of drug-likeness (QED) is 0.688. The van der Waals surface area contributed by atoms with Crippen LogP contribution in [0.25, 0.3) is 0 Å². The molecule has 0 bridgehead atoms. The highest BCUT2D eigenvalue weighted by Crippen LogP contribution is 2.24. The maximum atomic E-state index is 11.6. The van der Waals surface area contributed by atoms with Crippen molar-refractivity contribution in [1.29, 1.82) is 0 Å². The molecule has 1 rings (SSSR count). The standard InChI is InChI=1S/C10H20N2O2/c1-7(11-4)9(13)12-8-5-6-14-10(8,2)3/h7-8,11H,5-6H2,1-4H3,(H,12,13). The van der Waals surface area contributed by atoms with Gasteiger partial charge < -0.3 is 15.4 Å². The SMILES string of the molecule is CNC(C)C(=O)NC1CCOC1(C)C. The number of carbonyl (C=O) groups excluding carboxylic acids is 1. The van der Waals surface area contributed by atoms with Gasteiger partial charge in [0.1, 0.15) is 0 Å². The largest absolute Gasteiger partial charge is 0.373 e. The highest BCUT2D eigenvalue weighted by Gasteiger charge is 2.37. The van der Waals surface area contributed by atoms with Gasteiger partial charge in [0.05, 0.1) is 17.7 Å². The molecular formula is C10H20N2O2. The molecule has 4 heteroatoms. The number of likely N-dealkylation sites (N-methyl/N-ethyl adjacent to an activating group) is 1. The van der Waals surface area contributed by atoms with Gasteiger partial charge in [-0.3, -0.25) is 4.79 Å². The van der Waals surface area contributed by atoms with Gasteiger partial charge in [-0.2, -0.15) is 0 Å². The van der Waals surface area contributed by atoms with E-state index in [9.17, 15) is 4.79 Å². The summed E-state index contributed by atoms with van der Waals surface area (Å²) in [5.41, 5.74) is -0.233. The molecule has 4 nitrogen and oxygen atoms in total. The third kappa shape index (κ3) is 2.45. The summed E-state index contributed by atoms with van der Waals surface area (Å²) in [5.74, 6) is 0.0380. The molecule has 82 valence electrons. The van der Waals surface area contributed by atoms with E-state index < -0.39 is 0 Å². The van der Waals surface area contributed by atoms with E-state index in [-0.39, 0.29) is 23.6 Å². The number of hydrogen-bond acceptors (Lipinski definition) is 3. The van der Waals surface area contributed by atoms with Crippen molar-refractivity contribution in [2.45, 2.75) is 44.9 Å². The van der Waals surface area contributed by atoms with E-state index in [1.54, 1.807) is 7.05 Å². The molecule has 2 unspecified atom stereocenters. The molecule has 2 N–H and O–H groups in total. The van der Waals surface area contributed by atoms with Gasteiger partial charge in [0.25, 0.3) is 0 Å². The van der Waals surface area contributed by atoms with Gasteiger partial charge in [0, 0.05) is 6.61 Å². The van der Waals surface area contributed by atoms with Crippen LogP contribution >= 0.6 is 0 Å². The lowest BCUT2D eigenvalue weighted by molar-refractivity contribution is -0.124. The molecule has 1 aliphatic heterocycles. The van der Waals surface area contributed by atoms with Crippen LogP contribution in [0.4, 0.5) is 0 Å². The zero-order valence-corrected chi connectivity index (χ0v) is 9.39. The van der Waals surface area contributed by atoms with Gasteiger partial charge in [0.15, 0.2) is 0 Å². The maximum Gasteiger partial charge on any atom is 0.237 e.